The zero-order chi connectivity index (χ0) is 31.6. The fourth-order valence-corrected chi connectivity index (χ4v) is 6.14. The molecule has 0 bridgehead atoms. The summed E-state index contributed by atoms with van der Waals surface area (Å²) in [6.07, 6.45) is 7.43. The molecular weight excluding hydrogens is 576 g/mol. The van der Waals surface area contributed by atoms with Crippen molar-refractivity contribution in [3.05, 3.63) is 175 Å². The maximum Gasteiger partial charge on any atom is 0.154 e. The Morgan fingerprint density at radius 1 is 0.660 bits per heavy atom. The van der Waals surface area contributed by atoms with E-state index in [-0.39, 0.29) is 0 Å². The molecular formula is C43H30N2O2. The topological polar surface area (TPSA) is 51.0 Å². The van der Waals surface area contributed by atoms with E-state index in [0.717, 1.165) is 66.1 Å². The quantitative estimate of drug-likeness (QED) is 0.103. The Bertz CT molecular complexity index is 2510. The van der Waals surface area contributed by atoms with E-state index in [1.165, 1.54) is 5.39 Å². The summed E-state index contributed by atoms with van der Waals surface area (Å²) in [4.78, 5) is 10.1. The first-order valence-electron chi connectivity index (χ1n) is 15.6. The van der Waals surface area contributed by atoms with Crippen LogP contribution in [0.4, 0.5) is 0 Å². The van der Waals surface area contributed by atoms with Crippen molar-refractivity contribution in [1.29, 1.82) is 0 Å². The van der Waals surface area contributed by atoms with Gasteiger partial charge in [0.25, 0.3) is 0 Å². The fourth-order valence-electron chi connectivity index (χ4n) is 6.14. The van der Waals surface area contributed by atoms with E-state index in [9.17, 15) is 0 Å². The Balaban J connectivity index is 1.28. The number of amidine groups is 1. The summed E-state index contributed by atoms with van der Waals surface area (Å²) in [6.45, 7) is 4.38. The number of rotatable bonds is 7. The third-order valence-corrected chi connectivity index (χ3v) is 8.43. The number of fused-ring (bicyclic) bond motifs is 5. The van der Waals surface area contributed by atoms with Gasteiger partial charge in [0.2, 0.25) is 0 Å². The minimum Gasteiger partial charge on any atom is -0.456 e. The van der Waals surface area contributed by atoms with E-state index in [1.807, 2.05) is 66.9 Å². The second kappa shape index (κ2) is 12.3. The lowest BCUT2D eigenvalue weighted by atomic mass is 9.97. The van der Waals surface area contributed by atoms with E-state index in [4.69, 9.17) is 18.8 Å². The van der Waals surface area contributed by atoms with Gasteiger partial charge in [-0.2, -0.15) is 0 Å². The van der Waals surface area contributed by atoms with Gasteiger partial charge in [-0.15, -0.1) is 0 Å². The normalized spacial score (nSPS) is 12.4. The first-order valence-corrected chi connectivity index (χ1v) is 15.6. The van der Waals surface area contributed by atoms with Gasteiger partial charge in [-0.25, -0.2) is 4.99 Å². The standard InChI is InChI=1S/C43H30N2O2/c1-2-3-18-39-37(28-45-43(44-27-29-12-5-4-6-13-29)33-22-21-30-14-7-8-15-31(30)25-33)42-34(17-11-20-40(42)46-39)32-23-24-36-35-16-9-10-19-38(35)47-41(36)26-32/h2-26,28H,1,27H2/b18-3-,44-43?,45-28?. The highest BCUT2D eigenvalue weighted by molar-refractivity contribution is 6.14. The third-order valence-electron chi connectivity index (χ3n) is 8.43. The van der Waals surface area contributed by atoms with Crippen LogP contribution in [-0.2, 0) is 6.54 Å². The Morgan fingerprint density at radius 3 is 2.34 bits per heavy atom. The predicted molar refractivity (Wildman–Crippen MR) is 196 cm³/mol. The molecule has 0 spiro atoms. The molecule has 0 aliphatic carbocycles. The van der Waals surface area contributed by atoms with Crippen LogP contribution in [0.25, 0.3) is 60.9 Å². The van der Waals surface area contributed by atoms with Crippen LogP contribution in [0.2, 0.25) is 0 Å². The van der Waals surface area contributed by atoms with Crippen LogP contribution in [0.5, 0.6) is 0 Å². The monoisotopic (exact) mass is 606 g/mol. The molecule has 4 heteroatoms. The average Bonchev–Trinajstić information content (AvgIpc) is 3.68. The van der Waals surface area contributed by atoms with Crippen molar-refractivity contribution in [2.75, 3.05) is 0 Å². The van der Waals surface area contributed by atoms with Crippen LogP contribution in [0.1, 0.15) is 22.5 Å². The van der Waals surface area contributed by atoms with E-state index in [1.54, 1.807) is 6.08 Å². The van der Waals surface area contributed by atoms with E-state index in [0.29, 0.717) is 18.1 Å². The number of hydrogen-bond donors (Lipinski definition) is 0. The summed E-state index contributed by atoms with van der Waals surface area (Å²) in [6, 6.07) is 45.6. The second-order valence-corrected chi connectivity index (χ2v) is 11.4. The number of aliphatic imine (C=N–C) groups is 2. The lowest BCUT2D eigenvalue weighted by Gasteiger charge is -2.06. The van der Waals surface area contributed by atoms with Crippen LogP contribution in [0, 0.1) is 0 Å². The Labute approximate surface area is 272 Å². The number of nitrogens with zero attached hydrogens (tertiary/aromatic N) is 2. The zero-order valence-corrected chi connectivity index (χ0v) is 25.6. The van der Waals surface area contributed by atoms with Crippen molar-refractivity contribution in [1.82, 2.24) is 0 Å². The lowest BCUT2D eigenvalue weighted by molar-refractivity contribution is 0.603. The van der Waals surface area contributed by atoms with E-state index < -0.39 is 0 Å². The molecule has 47 heavy (non-hydrogen) atoms. The van der Waals surface area contributed by atoms with Crippen molar-refractivity contribution in [3.8, 4) is 11.1 Å². The van der Waals surface area contributed by atoms with Gasteiger partial charge in [-0.1, -0.05) is 122 Å². The molecule has 224 valence electrons. The molecule has 8 rings (SSSR count). The minimum absolute atomic E-state index is 0.512. The number of allylic oxidation sites excluding steroid dienone is 2. The molecule has 2 aromatic heterocycles. The molecule has 4 nitrogen and oxygen atoms in total. The second-order valence-electron chi connectivity index (χ2n) is 11.4. The van der Waals surface area contributed by atoms with Gasteiger partial charge in [-0.3, -0.25) is 4.99 Å². The highest BCUT2D eigenvalue weighted by Crippen LogP contribution is 2.38. The molecule has 2 heterocycles. The van der Waals surface area contributed by atoms with Crippen molar-refractivity contribution < 1.29 is 8.83 Å². The maximum absolute atomic E-state index is 6.43. The first kappa shape index (κ1) is 28.2. The van der Waals surface area contributed by atoms with Crippen molar-refractivity contribution in [2.45, 2.75) is 6.54 Å². The smallest absolute Gasteiger partial charge is 0.154 e. The van der Waals surface area contributed by atoms with Gasteiger partial charge in [0.1, 0.15) is 22.5 Å². The largest absolute Gasteiger partial charge is 0.456 e. The van der Waals surface area contributed by atoms with Crippen LogP contribution in [0.15, 0.2) is 171 Å². The Kier molecular flexibility index (Phi) is 7.37. The summed E-state index contributed by atoms with van der Waals surface area (Å²) >= 11 is 0. The first-order chi connectivity index (χ1) is 23.2. The minimum atomic E-state index is 0.512. The maximum atomic E-state index is 6.43. The lowest BCUT2D eigenvalue weighted by Crippen LogP contribution is -2.00. The van der Waals surface area contributed by atoms with Crippen LogP contribution >= 0.6 is 0 Å². The fraction of sp³-hybridized carbons (Fsp3) is 0.0233. The molecule has 0 fully saturated rings. The molecule has 6 aromatic carbocycles. The Hall–Kier alpha value is -6.26. The molecule has 0 atom stereocenters. The molecule has 0 amide bonds. The number of benzene rings is 6. The van der Waals surface area contributed by atoms with Gasteiger partial charge in [-0.05, 0) is 63.9 Å². The van der Waals surface area contributed by atoms with Crippen LogP contribution in [-0.4, -0.2) is 12.1 Å². The van der Waals surface area contributed by atoms with Crippen molar-refractivity contribution in [2.24, 2.45) is 9.98 Å². The molecule has 8 aromatic rings. The predicted octanol–water partition coefficient (Wildman–Crippen LogP) is 11.4. The van der Waals surface area contributed by atoms with Gasteiger partial charge >= 0.3 is 0 Å². The summed E-state index contributed by atoms with van der Waals surface area (Å²) in [5.41, 5.74) is 7.48. The van der Waals surface area contributed by atoms with Crippen LogP contribution < -0.4 is 0 Å². The molecule has 0 N–H and O–H groups in total. The molecule has 0 aliphatic rings. The molecule has 0 aliphatic heterocycles. The molecule has 0 saturated heterocycles. The summed E-state index contributed by atoms with van der Waals surface area (Å²) in [5.74, 6) is 1.34. The summed E-state index contributed by atoms with van der Waals surface area (Å²) < 4.78 is 12.7. The third kappa shape index (κ3) is 5.47. The SMILES string of the molecule is C=C/C=C\c1oc2cccc(-c3ccc4c(c3)oc3ccccc34)c2c1C=NC(=NCc1ccccc1)c1ccc2ccccc2c1. The highest BCUT2D eigenvalue weighted by Gasteiger charge is 2.17. The number of hydrogen-bond acceptors (Lipinski definition) is 3. The van der Waals surface area contributed by atoms with E-state index in [2.05, 4.69) is 91.5 Å². The zero-order valence-electron chi connectivity index (χ0n) is 25.6. The van der Waals surface area contributed by atoms with Gasteiger partial charge in [0, 0.05) is 33.5 Å². The van der Waals surface area contributed by atoms with Crippen molar-refractivity contribution >= 4 is 61.8 Å². The van der Waals surface area contributed by atoms with Crippen LogP contribution in [0.3, 0.4) is 0 Å². The molecule has 0 unspecified atom stereocenters. The molecule has 0 radical (unpaired) electrons. The Morgan fingerprint density at radius 2 is 1.45 bits per heavy atom. The summed E-state index contributed by atoms with van der Waals surface area (Å²) in [7, 11) is 0. The van der Waals surface area contributed by atoms with Gasteiger partial charge in [0.15, 0.2) is 5.84 Å². The van der Waals surface area contributed by atoms with E-state index >= 15 is 0 Å². The molecule has 0 saturated carbocycles. The summed E-state index contributed by atoms with van der Waals surface area (Å²) in [5, 5.41) is 5.48. The average molecular weight is 607 g/mol. The number of furan rings is 2. The number of para-hydroxylation sites is 1. The van der Waals surface area contributed by atoms with Crippen molar-refractivity contribution in [3.63, 3.8) is 0 Å². The highest BCUT2D eigenvalue weighted by atomic mass is 16.3. The van der Waals surface area contributed by atoms with Gasteiger partial charge < -0.3 is 8.83 Å². The van der Waals surface area contributed by atoms with Gasteiger partial charge in [0.05, 0.1) is 6.54 Å².